The highest BCUT2D eigenvalue weighted by Crippen LogP contribution is 2.22. The molecule has 0 spiro atoms. The Morgan fingerprint density at radius 3 is 2.38 bits per heavy atom. The first kappa shape index (κ1) is 12.5. The molecule has 0 atom stereocenters. The van der Waals surface area contributed by atoms with Gasteiger partial charge in [0.25, 0.3) is 0 Å². The molecule has 1 aromatic carbocycles. The van der Waals surface area contributed by atoms with Gasteiger partial charge in [-0.3, -0.25) is 0 Å². The van der Waals surface area contributed by atoms with Crippen LogP contribution in [0.25, 0.3) is 0 Å². The Labute approximate surface area is 105 Å². The Hall–Kier alpha value is -1.53. The quantitative estimate of drug-likeness (QED) is 0.770. The average Bonchev–Trinajstić information content (AvgIpc) is 2.28. The monoisotopic (exact) mass is 276 g/mol. The van der Waals surface area contributed by atoms with Gasteiger partial charge in [0.1, 0.15) is 0 Å². The molecule has 0 N–H and O–H groups in total. The van der Waals surface area contributed by atoms with Crippen LogP contribution in [0, 0.1) is 11.3 Å². The topological polar surface area (TPSA) is 27.0 Å². The van der Waals surface area contributed by atoms with Crippen LogP contribution in [0.1, 0.15) is 5.56 Å². The van der Waals surface area contributed by atoms with Crippen LogP contribution in [0.2, 0.25) is 0 Å². The van der Waals surface area contributed by atoms with Gasteiger partial charge in [0.2, 0.25) is 0 Å². The van der Waals surface area contributed by atoms with E-state index in [1.165, 1.54) is 0 Å². The second kappa shape index (κ2) is 6.14. The van der Waals surface area contributed by atoms with E-state index >= 15 is 0 Å². The molecule has 0 saturated heterocycles. The molecule has 0 aromatic heterocycles. The molecule has 16 heavy (non-hydrogen) atoms. The van der Waals surface area contributed by atoms with Crippen LogP contribution >= 0.6 is 15.9 Å². The summed E-state index contributed by atoms with van der Waals surface area (Å²) < 4.78 is 0.902. The molecule has 1 aromatic rings. The van der Waals surface area contributed by atoms with E-state index in [-0.39, 0.29) is 0 Å². The first-order valence-electron chi connectivity index (χ1n) is 4.88. The van der Waals surface area contributed by atoms with E-state index in [1.54, 1.807) is 6.07 Å². The van der Waals surface area contributed by atoms with E-state index in [9.17, 15) is 0 Å². The molecule has 0 fully saturated rings. The minimum absolute atomic E-state index is 0.641. The summed E-state index contributed by atoms with van der Waals surface area (Å²) in [6.07, 6.45) is 3.66. The lowest BCUT2D eigenvalue weighted by Crippen LogP contribution is -2.23. The van der Waals surface area contributed by atoms with Crippen LogP contribution in [0.15, 0.2) is 48.0 Å². The molecule has 0 bridgehead atoms. The van der Waals surface area contributed by atoms with Gasteiger partial charge in [0.15, 0.2) is 0 Å². The van der Waals surface area contributed by atoms with Gasteiger partial charge in [-0.05, 0) is 18.2 Å². The Balaban J connectivity index is 3.08. The number of anilines is 1. The molecule has 3 heteroatoms. The largest absolute Gasteiger partial charge is 0.364 e. The van der Waals surface area contributed by atoms with Crippen molar-refractivity contribution in [2.24, 2.45) is 0 Å². The van der Waals surface area contributed by atoms with Gasteiger partial charge in [0, 0.05) is 23.2 Å². The van der Waals surface area contributed by atoms with Crippen molar-refractivity contribution in [2.75, 3.05) is 18.0 Å². The number of hydrogen-bond donors (Lipinski definition) is 0. The highest BCUT2D eigenvalue weighted by Gasteiger charge is 2.05. The molecule has 0 amide bonds. The molecule has 0 saturated carbocycles. The smallest absolute Gasteiger partial charge is 0.0992 e. The maximum absolute atomic E-state index is 8.90. The third kappa shape index (κ3) is 3.25. The van der Waals surface area contributed by atoms with Crippen LogP contribution in [-0.4, -0.2) is 13.1 Å². The van der Waals surface area contributed by atoms with Crippen molar-refractivity contribution >= 4 is 21.6 Å². The van der Waals surface area contributed by atoms with E-state index in [0.717, 1.165) is 23.2 Å². The zero-order valence-electron chi connectivity index (χ0n) is 8.99. The van der Waals surface area contributed by atoms with Crippen molar-refractivity contribution in [3.05, 3.63) is 53.5 Å². The van der Waals surface area contributed by atoms with Crippen molar-refractivity contribution in [1.82, 2.24) is 0 Å². The summed E-state index contributed by atoms with van der Waals surface area (Å²) in [4.78, 5) is 2.09. The Morgan fingerprint density at radius 1 is 1.25 bits per heavy atom. The molecule has 0 unspecified atom stereocenters. The minimum Gasteiger partial charge on any atom is -0.364 e. The fourth-order valence-corrected chi connectivity index (χ4v) is 1.90. The van der Waals surface area contributed by atoms with E-state index in [1.807, 2.05) is 24.3 Å². The second-order valence-corrected chi connectivity index (χ2v) is 4.21. The number of halogens is 1. The minimum atomic E-state index is 0.641. The lowest BCUT2D eigenvalue weighted by atomic mass is 10.2. The SMILES string of the molecule is C=CCN(CC=C)c1cc(Br)cc(C#N)c1. The number of benzene rings is 1. The fraction of sp³-hybridized carbons (Fsp3) is 0.154. The molecule has 0 aliphatic carbocycles. The first-order valence-corrected chi connectivity index (χ1v) is 5.68. The van der Waals surface area contributed by atoms with Gasteiger partial charge in [-0.2, -0.15) is 5.26 Å². The van der Waals surface area contributed by atoms with Crippen LogP contribution in [-0.2, 0) is 0 Å². The van der Waals surface area contributed by atoms with Crippen molar-refractivity contribution in [1.29, 1.82) is 5.26 Å². The highest BCUT2D eigenvalue weighted by atomic mass is 79.9. The first-order chi connectivity index (χ1) is 7.71. The third-order valence-corrected chi connectivity index (χ3v) is 2.53. The molecule has 0 aliphatic heterocycles. The lowest BCUT2D eigenvalue weighted by Gasteiger charge is -2.22. The summed E-state index contributed by atoms with van der Waals surface area (Å²) in [7, 11) is 0. The van der Waals surface area contributed by atoms with Gasteiger partial charge in [-0.25, -0.2) is 0 Å². The van der Waals surface area contributed by atoms with Gasteiger partial charge in [-0.15, -0.1) is 13.2 Å². The molecule has 0 aliphatic rings. The van der Waals surface area contributed by atoms with Crippen molar-refractivity contribution in [2.45, 2.75) is 0 Å². The molecular formula is C13H13BrN2. The molecule has 82 valence electrons. The van der Waals surface area contributed by atoms with Crippen molar-refractivity contribution in [3.8, 4) is 6.07 Å². The van der Waals surface area contributed by atoms with E-state index < -0.39 is 0 Å². The third-order valence-electron chi connectivity index (χ3n) is 2.08. The maximum Gasteiger partial charge on any atom is 0.0992 e. The molecule has 2 nitrogen and oxygen atoms in total. The lowest BCUT2D eigenvalue weighted by molar-refractivity contribution is 0.955. The Kier molecular flexibility index (Phi) is 4.81. The number of hydrogen-bond acceptors (Lipinski definition) is 2. The molecular weight excluding hydrogens is 264 g/mol. The van der Waals surface area contributed by atoms with Crippen molar-refractivity contribution in [3.63, 3.8) is 0 Å². The number of rotatable bonds is 5. The standard InChI is InChI=1S/C13H13BrN2/c1-3-5-16(6-4-2)13-8-11(10-15)7-12(14)9-13/h3-4,7-9H,1-2,5-6H2. The zero-order valence-corrected chi connectivity index (χ0v) is 10.6. The normalized spacial score (nSPS) is 9.25. The number of nitriles is 1. The fourth-order valence-electron chi connectivity index (χ4n) is 1.42. The summed E-state index contributed by atoms with van der Waals surface area (Å²) in [5, 5.41) is 8.90. The zero-order chi connectivity index (χ0) is 12.0. The number of nitrogens with zero attached hydrogens (tertiary/aromatic N) is 2. The van der Waals surface area contributed by atoms with Gasteiger partial charge in [-0.1, -0.05) is 28.1 Å². The Morgan fingerprint density at radius 2 is 1.88 bits per heavy atom. The van der Waals surface area contributed by atoms with Gasteiger partial charge >= 0.3 is 0 Å². The van der Waals surface area contributed by atoms with E-state index in [0.29, 0.717) is 5.56 Å². The molecule has 0 heterocycles. The molecule has 0 radical (unpaired) electrons. The van der Waals surface area contributed by atoms with Crippen LogP contribution in [0.5, 0.6) is 0 Å². The molecule has 1 rings (SSSR count). The van der Waals surface area contributed by atoms with E-state index in [4.69, 9.17) is 5.26 Å². The predicted molar refractivity (Wildman–Crippen MR) is 71.5 cm³/mol. The summed E-state index contributed by atoms with van der Waals surface area (Å²) in [6.45, 7) is 8.90. The maximum atomic E-state index is 8.90. The van der Waals surface area contributed by atoms with Crippen LogP contribution < -0.4 is 4.90 Å². The second-order valence-electron chi connectivity index (χ2n) is 3.29. The predicted octanol–water partition coefficient (Wildman–Crippen LogP) is 3.50. The van der Waals surface area contributed by atoms with E-state index in [2.05, 4.69) is 40.1 Å². The Bertz CT molecular complexity index is 422. The summed E-state index contributed by atoms with van der Waals surface area (Å²) in [5.74, 6) is 0. The van der Waals surface area contributed by atoms with Crippen LogP contribution in [0.4, 0.5) is 5.69 Å². The summed E-state index contributed by atoms with van der Waals surface area (Å²) in [5.41, 5.74) is 1.63. The van der Waals surface area contributed by atoms with Gasteiger partial charge in [0.05, 0.1) is 11.6 Å². The van der Waals surface area contributed by atoms with Gasteiger partial charge < -0.3 is 4.90 Å². The van der Waals surface area contributed by atoms with Crippen LogP contribution in [0.3, 0.4) is 0 Å². The van der Waals surface area contributed by atoms with Crippen molar-refractivity contribution < 1.29 is 0 Å². The summed E-state index contributed by atoms with van der Waals surface area (Å²) >= 11 is 3.39. The summed E-state index contributed by atoms with van der Waals surface area (Å²) in [6, 6.07) is 7.77. The highest BCUT2D eigenvalue weighted by molar-refractivity contribution is 9.10. The average molecular weight is 277 g/mol.